The minimum atomic E-state index is 0.194. The Morgan fingerprint density at radius 1 is 1.23 bits per heavy atom. The van der Waals surface area contributed by atoms with Gasteiger partial charge in [-0.05, 0) is 42.1 Å². The van der Waals surface area contributed by atoms with Crippen molar-refractivity contribution in [3.05, 3.63) is 29.3 Å². The summed E-state index contributed by atoms with van der Waals surface area (Å²) in [7, 11) is 3.68. The van der Waals surface area contributed by atoms with Crippen LogP contribution in [0.15, 0.2) is 23.1 Å². The lowest BCUT2D eigenvalue weighted by Gasteiger charge is -2.25. The highest BCUT2D eigenvalue weighted by Gasteiger charge is 2.21. The van der Waals surface area contributed by atoms with Gasteiger partial charge in [-0.2, -0.15) is 0 Å². The molecule has 0 aliphatic heterocycles. The Morgan fingerprint density at radius 2 is 1.95 bits per heavy atom. The van der Waals surface area contributed by atoms with Gasteiger partial charge in [0, 0.05) is 19.0 Å². The van der Waals surface area contributed by atoms with Crippen LogP contribution in [0.3, 0.4) is 0 Å². The van der Waals surface area contributed by atoms with E-state index in [-0.39, 0.29) is 5.91 Å². The van der Waals surface area contributed by atoms with Crippen LogP contribution in [0.1, 0.15) is 62.5 Å². The van der Waals surface area contributed by atoms with E-state index in [4.69, 9.17) is 0 Å². The van der Waals surface area contributed by atoms with E-state index in [1.165, 1.54) is 54.5 Å². The second-order valence-electron chi connectivity index (χ2n) is 6.48. The zero-order valence-corrected chi connectivity index (χ0v) is 15.0. The standard InChI is InChI=1S/C19H29NOS/c1-4-13-22-19-16(14-18(21)20(2)3)11-8-12-17(19)15-9-6-5-7-10-15/h8,11-12,15H,4-7,9-10,13-14H2,1-3H3. The number of benzene rings is 1. The number of amides is 1. The molecule has 0 bridgehead atoms. The van der Waals surface area contributed by atoms with Gasteiger partial charge in [0.15, 0.2) is 0 Å². The van der Waals surface area contributed by atoms with Gasteiger partial charge in [-0.25, -0.2) is 0 Å². The maximum Gasteiger partial charge on any atom is 0.226 e. The van der Waals surface area contributed by atoms with Crippen LogP contribution < -0.4 is 0 Å². The second kappa shape index (κ2) is 8.61. The molecule has 0 spiro atoms. The van der Waals surface area contributed by atoms with Gasteiger partial charge >= 0.3 is 0 Å². The Labute approximate surface area is 139 Å². The van der Waals surface area contributed by atoms with Gasteiger partial charge in [0.05, 0.1) is 6.42 Å². The third-order valence-electron chi connectivity index (χ3n) is 4.46. The zero-order valence-electron chi connectivity index (χ0n) is 14.2. The van der Waals surface area contributed by atoms with Crippen LogP contribution >= 0.6 is 11.8 Å². The van der Waals surface area contributed by atoms with Crippen molar-refractivity contribution in [2.24, 2.45) is 0 Å². The lowest BCUT2D eigenvalue weighted by Crippen LogP contribution is -2.24. The fourth-order valence-corrected chi connectivity index (χ4v) is 4.32. The molecular formula is C19H29NOS. The lowest BCUT2D eigenvalue weighted by atomic mass is 9.83. The molecule has 0 heterocycles. The topological polar surface area (TPSA) is 20.3 Å². The summed E-state index contributed by atoms with van der Waals surface area (Å²) in [6.45, 7) is 2.22. The molecule has 1 aliphatic carbocycles. The van der Waals surface area contributed by atoms with Crippen molar-refractivity contribution in [2.75, 3.05) is 19.8 Å². The predicted octanol–water partition coefficient (Wildman–Crippen LogP) is 4.87. The highest BCUT2D eigenvalue weighted by molar-refractivity contribution is 7.99. The minimum absolute atomic E-state index is 0.194. The molecule has 1 amide bonds. The van der Waals surface area contributed by atoms with E-state index < -0.39 is 0 Å². The van der Waals surface area contributed by atoms with Crippen LogP contribution in [0.5, 0.6) is 0 Å². The molecular weight excluding hydrogens is 290 g/mol. The first-order valence-electron chi connectivity index (χ1n) is 8.58. The summed E-state index contributed by atoms with van der Waals surface area (Å²) in [4.78, 5) is 15.2. The van der Waals surface area contributed by atoms with Crippen LogP contribution in [0.4, 0.5) is 0 Å². The van der Waals surface area contributed by atoms with Gasteiger partial charge in [-0.3, -0.25) is 4.79 Å². The Balaban J connectivity index is 2.28. The maximum atomic E-state index is 12.1. The molecule has 0 unspecified atom stereocenters. The van der Waals surface area contributed by atoms with Crippen molar-refractivity contribution in [1.82, 2.24) is 4.90 Å². The first kappa shape index (κ1) is 17.4. The molecule has 0 radical (unpaired) electrons. The number of carbonyl (C=O) groups excluding carboxylic acids is 1. The van der Waals surface area contributed by atoms with E-state index >= 15 is 0 Å². The predicted molar refractivity (Wildman–Crippen MR) is 95.7 cm³/mol. The van der Waals surface area contributed by atoms with Crippen LogP contribution in [0.25, 0.3) is 0 Å². The molecule has 2 rings (SSSR count). The quantitative estimate of drug-likeness (QED) is 0.697. The summed E-state index contributed by atoms with van der Waals surface area (Å²) in [5, 5.41) is 0. The third kappa shape index (κ3) is 4.52. The average molecular weight is 320 g/mol. The normalized spacial score (nSPS) is 15.8. The van der Waals surface area contributed by atoms with Crippen molar-refractivity contribution in [3.63, 3.8) is 0 Å². The number of hydrogen-bond donors (Lipinski definition) is 0. The van der Waals surface area contributed by atoms with Crippen LogP contribution in [0.2, 0.25) is 0 Å². The average Bonchev–Trinajstić information content (AvgIpc) is 2.54. The number of likely N-dealkylation sites (N-methyl/N-ethyl adjacent to an activating group) is 1. The molecule has 1 saturated carbocycles. The van der Waals surface area contributed by atoms with Crippen LogP contribution in [-0.2, 0) is 11.2 Å². The summed E-state index contributed by atoms with van der Waals surface area (Å²) in [6, 6.07) is 6.60. The van der Waals surface area contributed by atoms with E-state index in [0.717, 1.165) is 5.75 Å². The number of hydrogen-bond acceptors (Lipinski definition) is 2. The smallest absolute Gasteiger partial charge is 0.226 e. The Morgan fingerprint density at radius 3 is 2.59 bits per heavy atom. The first-order valence-corrected chi connectivity index (χ1v) is 9.56. The number of rotatable bonds is 6. The molecule has 0 atom stereocenters. The SMILES string of the molecule is CCCSc1c(CC(=O)N(C)C)cccc1C1CCCCC1. The summed E-state index contributed by atoms with van der Waals surface area (Å²) in [6.07, 6.45) is 8.40. The fraction of sp³-hybridized carbons (Fsp3) is 0.632. The second-order valence-corrected chi connectivity index (χ2v) is 7.59. The van der Waals surface area contributed by atoms with Crippen LogP contribution in [0, 0.1) is 0 Å². The largest absolute Gasteiger partial charge is 0.349 e. The number of carbonyl (C=O) groups is 1. The first-order chi connectivity index (χ1) is 10.6. The molecule has 0 saturated heterocycles. The van der Waals surface area contributed by atoms with Crippen molar-refractivity contribution < 1.29 is 4.79 Å². The molecule has 1 fully saturated rings. The van der Waals surface area contributed by atoms with Gasteiger partial charge < -0.3 is 4.90 Å². The van der Waals surface area contributed by atoms with Crippen molar-refractivity contribution in [1.29, 1.82) is 0 Å². The van der Waals surface area contributed by atoms with Crippen molar-refractivity contribution >= 4 is 17.7 Å². The molecule has 1 aliphatic rings. The molecule has 3 heteroatoms. The minimum Gasteiger partial charge on any atom is -0.349 e. The Hall–Kier alpha value is -0.960. The lowest BCUT2D eigenvalue weighted by molar-refractivity contribution is -0.128. The van der Waals surface area contributed by atoms with E-state index in [2.05, 4.69) is 25.1 Å². The molecule has 2 nitrogen and oxygen atoms in total. The molecule has 122 valence electrons. The monoisotopic (exact) mass is 319 g/mol. The van der Waals surface area contributed by atoms with Gasteiger partial charge in [-0.15, -0.1) is 11.8 Å². The molecule has 1 aromatic carbocycles. The summed E-state index contributed by atoms with van der Waals surface area (Å²) in [5.41, 5.74) is 2.72. The molecule has 0 N–H and O–H groups in total. The van der Waals surface area contributed by atoms with E-state index in [1.54, 1.807) is 4.90 Å². The van der Waals surface area contributed by atoms with Crippen LogP contribution in [-0.4, -0.2) is 30.7 Å². The van der Waals surface area contributed by atoms with E-state index in [0.29, 0.717) is 12.3 Å². The number of thioether (sulfide) groups is 1. The third-order valence-corrected chi connectivity index (χ3v) is 5.86. The van der Waals surface area contributed by atoms with Gasteiger partial charge in [0.2, 0.25) is 5.91 Å². The van der Waals surface area contributed by atoms with Gasteiger partial charge in [0.25, 0.3) is 0 Å². The zero-order chi connectivity index (χ0) is 15.9. The maximum absolute atomic E-state index is 12.1. The summed E-state index contributed by atoms with van der Waals surface area (Å²) < 4.78 is 0. The van der Waals surface area contributed by atoms with Crippen molar-refractivity contribution in [2.45, 2.75) is 62.7 Å². The highest BCUT2D eigenvalue weighted by atomic mass is 32.2. The Kier molecular flexibility index (Phi) is 6.81. The highest BCUT2D eigenvalue weighted by Crippen LogP contribution is 2.39. The molecule has 1 aromatic rings. The molecule has 22 heavy (non-hydrogen) atoms. The summed E-state index contributed by atoms with van der Waals surface area (Å²) in [5.74, 6) is 2.02. The van der Waals surface area contributed by atoms with Gasteiger partial charge in [0.1, 0.15) is 0 Å². The van der Waals surface area contributed by atoms with E-state index in [1.807, 2.05) is 25.9 Å². The van der Waals surface area contributed by atoms with E-state index in [9.17, 15) is 4.79 Å². The fourth-order valence-electron chi connectivity index (χ4n) is 3.18. The Bertz CT molecular complexity index is 492. The molecule has 0 aromatic heterocycles. The summed E-state index contributed by atoms with van der Waals surface area (Å²) >= 11 is 1.95. The van der Waals surface area contributed by atoms with Crippen molar-refractivity contribution in [3.8, 4) is 0 Å². The van der Waals surface area contributed by atoms with Gasteiger partial charge in [-0.1, -0.05) is 44.4 Å². The number of nitrogens with zero attached hydrogens (tertiary/aromatic N) is 1.